The first kappa shape index (κ1) is 15.2. The lowest BCUT2D eigenvalue weighted by atomic mass is 9.86. The van der Waals surface area contributed by atoms with Gasteiger partial charge in [-0.25, -0.2) is 0 Å². The molecule has 0 saturated heterocycles. The van der Waals surface area contributed by atoms with Crippen LogP contribution in [0.4, 0.5) is 0 Å². The van der Waals surface area contributed by atoms with Crippen molar-refractivity contribution in [2.45, 2.75) is 40.2 Å². The van der Waals surface area contributed by atoms with Crippen molar-refractivity contribution >= 4 is 0 Å². The van der Waals surface area contributed by atoms with Crippen LogP contribution in [0.15, 0.2) is 24.3 Å². The number of hydrogen-bond donors (Lipinski definition) is 1. The van der Waals surface area contributed by atoms with Crippen LogP contribution in [-0.4, -0.2) is 30.2 Å². The Morgan fingerprint density at radius 1 is 1.28 bits per heavy atom. The second kappa shape index (κ2) is 6.91. The molecule has 0 saturated carbocycles. The average Bonchev–Trinajstić information content (AvgIpc) is 2.32. The highest BCUT2D eigenvalue weighted by atomic mass is 16.3. The Labute approximate surface area is 112 Å². The Bertz CT molecular complexity index is 364. The van der Waals surface area contributed by atoms with E-state index in [-0.39, 0.29) is 12.0 Å². The highest BCUT2D eigenvalue weighted by Gasteiger charge is 2.24. The zero-order valence-electron chi connectivity index (χ0n) is 12.2. The third kappa shape index (κ3) is 4.43. The summed E-state index contributed by atoms with van der Waals surface area (Å²) in [7, 11) is 2.13. The summed E-state index contributed by atoms with van der Waals surface area (Å²) in [6.45, 7) is 8.65. The molecule has 1 atom stereocenters. The van der Waals surface area contributed by atoms with E-state index in [0.29, 0.717) is 0 Å². The van der Waals surface area contributed by atoms with Gasteiger partial charge in [-0.1, -0.05) is 44.5 Å². The molecule has 1 aromatic carbocycles. The zero-order valence-corrected chi connectivity index (χ0v) is 12.2. The van der Waals surface area contributed by atoms with Crippen LogP contribution in [0.1, 0.15) is 37.8 Å². The first-order chi connectivity index (χ1) is 8.50. The van der Waals surface area contributed by atoms with Crippen LogP contribution in [0.25, 0.3) is 0 Å². The van der Waals surface area contributed by atoms with E-state index >= 15 is 0 Å². The Hall–Kier alpha value is -0.860. The van der Waals surface area contributed by atoms with E-state index in [1.165, 1.54) is 11.1 Å². The van der Waals surface area contributed by atoms with Gasteiger partial charge in [0, 0.05) is 25.1 Å². The van der Waals surface area contributed by atoms with Gasteiger partial charge >= 0.3 is 0 Å². The van der Waals surface area contributed by atoms with Crippen LogP contribution >= 0.6 is 0 Å². The SMILES string of the molecule is CCCC(C)(CO)CN(C)Cc1ccccc1C. The quantitative estimate of drug-likeness (QED) is 0.802. The van der Waals surface area contributed by atoms with Gasteiger partial charge in [0.25, 0.3) is 0 Å². The number of hydrogen-bond acceptors (Lipinski definition) is 2. The molecule has 0 aliphatic carbocycles. The van der Waals surface area contributed by atoms with E-state index in [9.17, 15) is 5.11 Å². The molecule has 18 heavy (non-hydrogen) atoms. The van der Waals surface area contributed by atoms with Gasteiger partial charge in [-0.2, -0.15) is 0 Å². The van der Waals surface area contributed by atoms with Gasteiger partial charge in [0.2, 0.25) is 0 Å². The minimum Gasteiger partial charge on any atom is -0.396 e. The molecule has 1 N–H and O–H groups in total. The minimum absolute atomic E-state index is 0.0200. The van der Waals surface area contributed by atoms with Crippen molar-refractivity contribution in [1.29, 1.82) is 0 Å². The Balaban J connectivity index is 2.61. The molecule has 0 spiro atoms. The van der Waals surface area contributed by atoms with E-state index in [0.717, 1.165) is 25.9 Å². The summed E-state index contributed by atoms with van der Waals surface area (Å²) in [6, 6.07) is 8.50. The van der Waals surface area contributed by atoms with E-state index in [1.807, 2.05) is 0 Å². The molecule has 2 heteroatoms. The number of rotatable bonds is 7. The lowest BCUT2D eigenvalue weighted by molar-refractivity contribution is 0.0878. The van der Waals surface area contributed by atoms with Crippen LogP contribution in [0.2, 0.25) is 0 Å². The fourth-order valence-electron chi connectivity index (χ4n) is 2.60. The molecule has 0 aliphatic rings. The summed E-state index contributed by atoms with van der Waals surface area (Å²) >= 11 is 0. The lowest BCUT2D eigenvalue weighted by Gasteiger charge is -2.32. The van der Waals surface area contributed by atoms with Crippen LogP contribution in [0.5, 0.6) is 0 Å². The first-order valence-corrected chi connectivity index (χ1v) is 6.84. The van der Waals surface area contributed by atoms with Crippen molar-refractivity contribution in [1.82, 2.24) is 4.90 Å². The highest BCUT2D eigenvalue weighted by molar-refractivity contribution is 5.25. The molecule has 1 unspecified atom stereocenters. The normalized spacial score (nSPS) is 14.8. The average molecular weight is 249 g/mol. The highest BCUT2D eigenvalue weighted by Crippen LogP contribution is 2.24. The maximum Gasteiger partial charge on any atom is 0.0497 e. The van der Waals surface area contributed by atoms with Gasteiger partial charge in [-0.15, -0.1) is 0 Å². The predicted octanol–water partition coefficient (Wildman–Crippen LogP) is 3.23. The molecule has 0 aliphatic heterocycles. The minimum atomic E-state index is 0.0200. The van der Waals surface area contributed by atoms with Crippen molar-refractivity contribution in [3.63, 3.8) is 0 Å². The number of aryl methyl sites for hydroxylation is 1. The van der Waals surface area contributed by atoms with Gasteiger partial charge in [0.05, 0.1) is 0 Å². The first-order valence-electron chi connectivity index (χ1n) is 6.84. The second-order valence-electron chi connectivity index (χ2n) is 5.82. The monoisotopic (exact) mass is 249 g/mol. The van der Waals surface area contributed by atoms with Crippen LogP contribution < -0.4 is 0 Å². The number of nitrogens with zero attached hydrogens (tertiary/aromatic N) is 1. The van der Waals surface area contributed by atoms with Crippen LogP contribution in [0, 0.1) is 12.3 Å². The predicted molar refractivity (Wildman–Crippen MR) is 77.6 cm³/mol. The van der Waals surface area contributed by atoms with Crippen molar-refractivity contribution < 1.29 is 5.11 Å². The van der Waals surface area contributed by atoms with E-state index in [4.69, 9.17) is 0 Å². The third-order valence-electron chi connectivity index (χ3n) is 3.59. The van der Waals surface area contributed by atoms with Gasteiger partial charge in [-0.05, 0) is 31.5 Å². The van der Waals surface area contributed by atoms with Gasteiger partial charge in [0.15, 0.2) is 0 Å². The Kier molecular flexibility index (Phi) is 5.83. The summed E-state index contributed by atoms with van der Waals surface area (Å²) in [4.78, 5) is 2.31. The number of aliphatic hydroxyl groups is 1. The van der Waals surface area contributed by atoms with E-state index in [2.05, 4.69) is 57.0 Å². The largest absolute Gasteiger partial charge is 0.396 e. The standard InChI is InChI=1S/C16H27NO/c1-5-10-16(3,13-18)12-17(4)11-15-9-7-6-8-14(15)2/h6-9,18H,5,10-13H2,1-4H3. The molecule has 0 bridgehead atoms. The third-order valence-corrected chi connectivity index (χ3v) is 3.59. The summed E-state index contributed by atoms with van der Waals surface area (Å²) in [6.07, 6.45) is 2.19. The van der Waals surface area contributed by atoms with Crippen molar-refractivity contribution in [3.05, 3.63) is 35.4 Å². The van der Waals surface area contributed by atoms with Gasteiger partial charge in [-0.3, -0.25) is 0 Å². The van der Waals surface area contributed by atoms with Crippen molar-refractivity contribution in [3.8, 4) is 0 Å². The summed E-state index contributed by atoms with van der Waals surface area (Å²) in [5.74, 6) is 0. The lowest BCUT2D eigenvalue weighted by Crippen LogP contribution is -2.36. The summed E-state index contributed by atoms with van der Waals surface area (Å²) in [5, 5.41) is 9.56. The zero-order chi connectivity index (χ0) is 13.6. The summed E-state index contributed by atoms with van der Waals surface area (Å²) < 4.78 is 0. The summed E-state index contributed by atoms with van der Waals surface area (Å²) in [5.41, 5.74) is 2.73. The molecule has 2 nitrogen and oxygen atoms in total. The van der Waals surface area contributed by atoms with Crippen molar-refractivity contribution in [2.75, 3.05) is 20.2 Å². The molecule has 0 radical (unpaired) electrons. The van der Waals surface area contributed by atoms with Gasteiger partial charge < -0.3 is 10.0 Å². The van der Waals surface area contributed by atoms with E-state index < -0.39 is 0 Å². The molecule has 0 heterocycles. The Morgan fingerprint density at radius 3 is 2.50 bits per heavy atom. The van der Waals surface area contributed by atoms with Crippen LogP contribution in [0.3, 0.4) is 0 Å². The molecule has 0 amide bonds. The molecular weight excluding hydrogens is 222 g/mol. The van der Waals surface area contributed by atoms with E-state index in [1.54, 1.807) is 0 Å². The topological polar surface area (TPSA) is 23.5 Å². The maximum absolute atomic E-state index is 9.56. The Morgan fingerprint density at radius 2 is 1.94 bits per heavy atom. The molecular formula is C16H27NO. The van der Waals surface area contributed by atoms with Gasteiger partial charge in [0.1, 0.15) is 0 Å². The number of aliphatic hydroxyl groups excluding tert-OH is 1. The fraction of sp³-hybridized carbons (Fsp3) is 0.625. The molecule has 0 aromatic heterocycles. The number of benzene rings is 1. The maximum atomic E-state index is 9.56. The molecule has 1 rings (SSSR count). The molecule has 1 aromatic rings. The van der Waals surface area contributed by atoms with Crippen molar-refractivity contribution in [2.24, 2.45) is 5.41 Å². The van der Waals surface area contributed by atoms with Crippen LogP contribution in [-0.2, 0) is 6.54 Å². The second-order valence-corrected chi connectivity index (χ2v) is 5.82. The smallest absolute Gasteiger partial charge is 0.0497 e. The molecule has 102 valence electrons. The molecule has 0 fully saturated rings. The fourth-order valence-corrected chi connectivity index (χ4v) is 2.60.